The molecule has 0 unspecified atom stereocenters. The first kappa shape index (κ1) is 20.7. The molecule has 2 N–H and O–H groups in total. The fourth-order valence-corrected chi connectivity index (χ4v) is 6.83. The van der Waals surface area contributed by atoms with Crippen LogP contribution in [0.15, 0.2) is 0 Å². The minimum atomic E-state index is -1.62. The van der Waals surface area contributed by atoms with E-state index in [4.69, 9.17) is 4.43 Å². The number of amides is 1. The third-order valence-electron chi connectivity index (χ3n) is 5.38. The molecule has 1 amide bonds. The molecule has 5 heteroatoms. The second kappa shape index (κ2) is 9.18. The molecule has 1 saturated heterocycles. The van der Waals surface area contributed by atoms with Gasteiger partial charge in [0.15, 0.2) is 8.32 Å². The van der Waals surface area contributed by atoms with E-state index in [9.17, 15) is 9.90 Å². The standard InChI is InChI=1S/C18H37NO3Si/c1-6-23(7-2,8-3)22-18(4,5)13-12-16(20)14-15-10-9-11-17(21)19-15/h15-16,20H,6-14H2,1-5H3,(H,19,21)/t15-,16-/m1/s1. The van der Waals surface area contributed by atoms with E-state index >= 15 is 0 Å². The molecule has 1 heterocycles. The SMILES string of the molecule is CC[Si](CC)(CC)OC(C)(C)CC[C@@H](O)C[C@H]1CCCC(=O)N1. The molecule has 0 radical (unpaired) electrons. The lowest BCUT2D eigenvalue weighted by atomic mass is 9.94. The quantitative estimate of drug-likeness (QED) is 0.590. The summed E-state index contributed by atoms with van der Waals surface area (Å²) in [6.45, 7) is 11.1. The number of aliphatic hydroxyl groups is 1. The summed E-state index contributed by atoms with van der Waals surface area (Å²) in [5.41, 5.74) is -0.176. The minimum Gasteiger partial charge on any atom is -0.412 e. The van der Waals surface area contributed by atoms with Crippen LogP contribution in [-0.2, 0) is 9.22 Å². The molecule has 0 aliphatic carbocycles. The predicted molar refractivity (Wildman–Crippen MR) is 98.0 cm³/mol. The van der Waals surface area contributed by atoms with Crippen LogP contribution >= 0.6 is 0 Å². The van der Waals surface area contributed by atoms with Crippen LogP contribution in [-0.4, -0.2) is 37.1 Å². The summed E-state index contributed by atoms with van der Waals surface area (Å²) < 4.78 is 6.59. The summed E-state index contributed by atoms with van der Waals surface area (Å²) in [5, 5.41) is 13.3. The van der Waals surface area contributed by atoms with Crippen LogP contribution in [0.5, 0.6) is 0 Å². The third-order valence-corrected chi connectivity index (χ3v) is 10.2. The van der Waals surface area contributed by atoms with Gasteiger partial charge >= 0.3 is 0 Å². The van der Waals surface area contributed by atoms with Gasteiger partial charge < -0.3 is 14.8 Å². The van der Waals surface area contributed by atoms with Crippen LogP contribution in [0.25, 0.3) is 0 Å². The lowest BCUT2D eigenvalue weighted by molar-refractivity contribution is -0.123. The van der Waals surface area contributed by atoms with Gasteiger partial charge in [0.25, 0.3) is 0 Å². The molecule has 23 heavy (non-hydrogen) atoms. The van der Waals surface area contributed by atoms with Gasteiger partial charge in [-0.15, -0.1) is 0 Å². The Morgan fingerprint density at radius 3 is 2.43 bits per heavy atom. The van der Waals surface area contributed by atoms with Crippen molar-refractivity contribution in [1.29, 1.82) is 0 Å². The van der Waals surface area contributed by atoms with E-state index in [0.29, 0.717) is 12.8 Å². The van der Waals surface area contributed by atoms with E-state index in [1.807, 2.05) is 0 Å². The number of hydrogen-bond donors (Lipinski definition) is 2. The van der Waals surface area contributed by atoms with E-state index in [-0.39, 0.29) is 23.7 Å². The van der Waals surface area contributed by atoms with Gasteiger partial charge in [-0.25, -0.2) is 0 Å². The van der Waals surface area contributed by atoms with Crippen LogP contribution in [0.1, 0.15) is 73.1 Å². The van der Waals surface area contributed by atoms with Crippen LogP contribution in [0.2, 0.25) is 18.1 Å². The highest BCUT2D eigenvalue weighted by molar-refractivity contribution is 6.73. The molecule has 136 valence electrons. The summed E-state index contributed by atoms with van der Waals surface area (Å²) in [6.07, 6.45) is 4.47. The van der Waals surface area contributed by atoms with Gasteiger partial charge in [0.2, 0.25) is 5.91 Å². The first-order chi connectivity index (χ1) is 10.8. The first-order valence-electron chi connectivity index (χ1n) is 9.43. The monoisotopic (exact) mass is 343 g/mol. The molecule has 1 aliphatic heterocycles. The number of aliphatic hydroxyl groups excluding tert-OH is 1. The Hall–Kier alpha value is -0.393. The van der Waals surface area contributed by atoms with Crippen LogP contribution in [0.4, 0.5) is 0 Å². The first-order valence-corrected chi connectivity index (χ1v) is 12.0. The second-order valence-electron chi connectivity index (χ2n) is 7.69. The molecule has 0 aromatic carbocycles. The van der Waals surface area contributed by atoms with E-state index in [0.717, 1.165) is 43.8 Å². The highest BCUT2D eigenvalue weighted by Crippen LogP contribution is 2.31. The number of nitrogens with one attached hydrogen (secondary N) is 1. The van der Waals surface area contributed by atoms with Crippen molar-refractivity contribution in [3.63, 3.8) is 0 Å². The summed E-state index contributed by atoms with van der Waals surface area (Å²) in [4.78, 5) is 11.4. The molecule has 1 fully saturated rings. The number of piperidine rings is 1. The fraction of sp³-hybridized carbons (Fsp3) is 0.944. The molecular weight excluding hydrogens is 306 g/mol. The maximum Gasteiger partial charge on any atom is 0.220 e. The Bertz CT molecular complexity index is 361. The number of carbonyl (C=O) groups excluding carboxylic acids is 1. The molecule has 0 aromatic heterocycles. The summed E-state index contributed by atoms with van der Waals surface area (Å²) in [7, 11) is -1.62. The maximum atomic E-state index is 11.4. The van der Waals surface area contributed by atoms with Crippen LogP contribution < -0.4 is 5.32 Å². The fourth-order valence-electron chi connectivity index (χ4n) is 3.62. The number of hydrogen-bond acceptors (Lipinski definition) is 3. The van der Waals surface area contributed by atoms with Crippen molar-refractivity contribution in [2.45, 2.75) is 109 Å². The lowest BCUT2D eigenvalue weighted by Crippen LogP contribution is -2.45. The van der Waals surface area contributed by atoms with Gasteiger partial charge in [-0.1, -0.05) is 20.8 Å². The van der Waals surface area contributed by atoms with E-state index in [1.54, 1.807) is 0 Å². The molecule has 0 bridgehead atoms. The van der Waals surface area contributed by atoms with Crippen molar-refractivity contribution in [2.24, 2.45) is 0 Å². The van der Waals surface area contributed by atoms with E-state index < -0.39 is 8.32 Å². The number of carbonyl (C=O) groups is 1. The smallest absolute Gasteiger partial charge is 0.220 e. The Morgan fingerprint density at radius 1 is 1.30 bits per heavy atom. The lowest BCUT2D eigenvalue weighted by Gasteiger charge is -2.39. The normalized spacial score (nSPS) is 21.1. The van der Waals surface area contributed by atoms with Gasteiger partial charge in [0.1, 0.15) is 0 Å². The largest absolute Gasteiger partial charge is 0.412 e. The Labute approximate surface area is 143 Å². The molecular formula is C18H37NO3Si. The highest BCUT2D eigenvalue weighted by atomic mass is 28.4. The summed E-state index contributed by atoms with van der Waals surface area (Å²) in [5.74, 6) is 0.127. The highest BCUT2D eigenvalue weighted by Gasteiger charge is 2.35. The molecule has 4 nitrogen and oxygen atoms in total. The van der Waals surface area contributed by atoms with Crippen molar-refractivity contribution < 1.29 is 14.3 Å². The molecule has 1 aliphatic rings. The molecule has 0 saturated carbocycles. The summed E-state index contributed by atoms with van der Waals surface area (Å²) in [6, 6.07) is 3.60. The van der Waals surface area contributed by atoms with E-state index in [2.05, 4.69) is 39.9 Å². The average molecular weight is 344 g/mol. The van der Waals surface area contributed by atoms with Gasteiger partial charge in [-0.3, -0.25) is 4.79 Å². The van der Waals surface area contributed by atoms with Gasteiger partial charge in [-0.05, 0) is 64.1 Å². The Morgan fingerprint density at radius 2 is 1.91 bits per heavy atom. The van der Waals surface area contributed by atoms with Crippen molar-refractivity contribution in [1.82, 2.24) is 5.32 Å². The van der Waals surface area contributed by atoms with Crippen LogP contribution in [0, 0.1) is 0 Å². The predicted octanol–water partition coefficient (Wildman–Crippen LogP) is 3.99. The topological polar surface area (TPSA) is 58.6 Å². The Kier molecular flexibility index (Phi) is 8.25. The van der Waals surface area contributed by atoms with Gasteiger partial charge in [0.05, 0.1) is 11.7 Å². The molecule has 0 aromatic rings. The molecule has 0 spiro atoms. The molecule has 2 atom stereocenters. The van der Waals surface area contributed by atoms with Crippen LogP contribution in [0.3, 0.4) is 0 Å². The third kappa shape index (κ3) is 6.94. The second-order valence-corrected chi connectivity index (χ2v) is 12.4. The minimum absolute atomic E-state index is 0.127. The zero-order chi connectivity index (χ0) is 17.5. The number of rotatable bonds is 10. The van der Waals surface area contributed by atoms with Gasteiger partial charge in [-0.2, -0.15) is 0 Å². The molecule has 1 rings (SSSR count). The van der Waals surface area contributed by atoms with Crippen molar-refractivity contribution in [3.05, 3.63) is 0 Å². The Balaban J connectivity index is 2.43. The van der Waals surface area contributed by atoms with Crippen molar-refractivity contribution in [2.75, 3.05) is 0 Å². The zero-order valence-corrected chi connectivity index (χ0v) is 16.8. The van der Waals surface area contributed by atoms with Gasteiger partial charge in [0, 0.05) is 12.5 Å². The summed E-state index contributed by atoms with van der Waals surface area (Å²) >= 11 is 0. The zero-order valence-electron chi connectivity index (χ0n) is 15.8. The van der Waals surface area contributed by atoms with Crippen molar-refractivity contribution in [3.8, 4) is 0 Å². The average Bonchev–Trinajstić information content (AvgIpc) is 2.51. The maximum absolute atomic E-state index is 11.4. The van der Waals surface area contributed by atoms with Crippen molar-refractivity contribution >= 4 is 14.2 Å². The van der Waals surface area contributed by atoms with E-state index in [1.165, 1.54) is 0 Å².